The third kappa shape index (κ3) is 3.57. The molecule has 1 rings (SSSR count). The maximum Gasteiger partial charge on any atom is 0.330 e. The van der Waals surface area contributed by atoms with E-state index in [9.17, 15) is 9.59 Å². The highest BCUT2D eigenvalue weighted by Crippen LogP contribution is 2.16. The lowest BCUT2D eigenvalue weighted by molar-refractivity contribution is -0.143. The molecule has 1 amide bonds. The molecule has 98 valence electrons. The maximum atomic E-state index is 11.8. The molecule has 1 aromatic carbocycles. The number of methoxy groups -OCH3 is 1. The summed E-state index contributed by atoms with van der Waals surface area (Å²) in [5, 5.41) is 11.4. The Kier molecular flexibility index (Phi) is 5.35. The average Bonchev–Trinajstić information content (AvgIpc) is 2.37. The molecular formula is C11H13IN2O4. The van der Waals surface area contributed by atoms with Gasteiger partial charge >= 0.3 is 5.97 Å². The second-order valence-corrected chi connectivity index (χ2v) is 4.63. The van der Waals surface area contributed by atoms with Gasteiger partial charge in [-0.1, -0.05) is 0 Å². The average molecular weight is 364 g/mol. The third-order valence-electron chi connectivity index (χ3n) is 2.24. The van der Waals surface area contributed by atoms with E-state index in [1.165, 1.54) is 7.11 Å². The number of amides is 1. The molecule has 1 aromatic rings. The van der Waals surface area contributed by atoms with Crippen LogP contribution in [-0.2, 0) is 9.53 Å². The van der Waals surface area contributed by atoms with Crippen molar-refractivity contribution >= 4 is 40.2 Å². The Labute approximate surface area is 118 Å². The van der Waals surface area contributed by atoms with Gasteiger partial charge < -0.3 is 20.9 Å². The summed E-state index contributed by atoms with van der Waals surface area (Å²) in [7, 11) is 1.18. The number of carbonyl (C=O) groups excluding carboxylic acids is 2. The second-order valence-electron chi connectivity index (χ2n) is 3.47. The van der Waals surface area contributed by atoms with Crippen LogP contribution >= 0.6 is 22.6 Å². The maximum absolute atomic E-state index is 11.8. The molecule has 0 fully saturated rings. The SMILES string of the molecule is COC(=O)[C@H](CO)NC(=O)c1ccc(N)c(I)c1. The van der Waals surface area contributed by atoms with Crippen molar-refractivity contribution < 1.29 is 19.4 Å². The number of hydrogen-bond donors (Lipinski definition) is 3. The van der Waals surface area contributed by atoms with Gasteiger partial charge in [-0.25, -0.2) is 4.79 Å². The Balaban J connectivity index is 2.81. The Morgan fingerprint density at radius 2 is 2.22 bits per heavy atom. The largest absolute Gasteiger partial charge is 0.467 e. The minimum Gasteiger partial charge on any atom is -0.467 e. The number of nitrogens with one attached hydrogen (secondary N) is 1. The minimum absolute atomic E-state index is 0.357. The number of rotatable bonds is 4. The summed E-state index contributed by atoms with van der Waals surface area (Å²) < 4.78 is 5.18. The van der Waals surface area contributed by atoms with Gasteiger partial charge in [0.15, 0.2) is 6.04 Å². The van der Waals surface area contributed by atoms with Crippen molar-refractivity contribution in [1.29, 1.82) is 0 Å². The van der Waals surface area contributed by atoms with E-state index in [1.807, 2.05) is 22.6 Å². The summed E-state index contributed by atoms with van der Waals surface area (Å²) in [5.41, 5.74) is 6.56. The number of aliphatic hydroxyl groups excluding tert-OH is 1. The van der Waals surface area contributed by atoms with Crippen LogP contribution in [0.1, 0.15) is 10.4 Å². The van der Waals surface area contributed by atoms with Crippen molar-refractivity contribution in [3.05, 3.63) is 27.3 Å². The number of anilines is 1. The first-order valence-corrected chi connectivity index (χ1v) is 6.12. The molecule has 0 unspecified atom stereocenters. The fourth-order valence-corrected chi connectivity index (χ4v) is 1.75. The van der Waals surface area contributed by atoms with Gasteiger partial charge in [0.2, 0.25) is 0 Å². The van der Waals surface area contributed by atoms with Crippen molar-refractivity contribution in [3.63, 3.8) is 0 Å². The first-order valence-electron chi connectivity index (χ1n) is 5.04. The van der Waals surface area contributed by atoms with E-state index in [0.717, 1.165) is 3.57 Å². The van der Waals surface area contributed by atoms with Crippen molar-refractivity contribution in [2.24, 2.45) is 0 Å². The van der Waals surface area contributed by atoms with Crippen LogP contribution in [0.4, 0.5) is 5.69 Å². The van der Waals surface area contributed by atoms with Crippen LogP contribution < -0.4 is 11.1 Å². The molecule has 6 nitrogen and oxygen atoms in total. The first kappa shape index (κ1) is 14.7. The summed E-state index contributed by atoms with van der Waals surface area (Å²) in [6.07, 6.45) is 0. The zero-order valence-electron chi connectivity index (χ0n) is 9.64. The lowest BCUT2D eigenvalue weighted by Gasteiger charge is -2.14. The van der Waals surface area contributed by atoms with Crippen LogP contribution in [0.5, 0.6) is 0 Å². The molecular weight excluding hydrogens is 351 g/mol. The molecule has 0 aliphatic carbocycles. The molecule has 0 radical (unpaired) electrons. The van der Waals surface area contributed by atoms with Gasteiger partial charge in [-0.05, 0) is 40.8 Å². The molecule has 18 heavy (non-hydrogen) atoms. The molecule has 0 heterocycles. The number of halogens is 1. The van der Waals surface area contributed by atoms with Crippen LogP contribution in [0, 0.1) is 3.57 Å². The van der Waals surface area contributed by atoms with Crippen molar-refractivity contribution in [2.75, 3.05) is 19.5 Å². The molecule has 0 aliphatic heterocycles. The predicted molar refractivity (Wildman–Crippen MR) is 73.9 cm³/mol. The molecule has 0 bridgehead atoms. The van der Waals surface area contributed by atoms with E-state index in [0.29, 0.717) is 11.3 Å². The summed E-state index contributed by atoms with van der Waals surface area (Å²) in [5.74, 6) is -1.17. The van der Waals surface area contributed by atoms with Crippen LogP contribution in [0.2, 0.25) is 0 Å². The van der Waals surface area contributed by atoms with Gasteiger partial charge in [-0.2, -0.15) is 0 Å². The van der Waals surface area contributed by atoms with E-state index < -0.39 is 24.5 Å². The molecule has 4 N–H and O–H groups in total. The zero-order valence-corrected chi connectivity index (χ0v) is 11.8. The number of esters is 1. The summed E-state index contributed by atoms with van der Waals surface area (Å²) in [6, 6.07) is 3.66. The number of carbonyl (C=O) groups is 2. The molecule has 0 saturated heterocycles. The molecule has 1 atom stereocenters. The van der Waals surface area contributed by atoms with Crippen LogP contribution in [0.15, 0.2) is 18.2 Å². The molecule has 0 spiro atoms. The fraction of sp³-hybridized carbons (Fsp3) is 0.273. The van der Waals surface area contributed by atoms with E-state index in [-0.39, 0.29) is 0 Å². The third-order valence-corrected chi connectivity index (χ3v) is 3.17. The van der Waals surface area contributed by atoms with Gasteiger partial charge in [0.05, 0.1) is 13.7 Å². The lowest BCUT2D eigenvalue weighted by Crippen LogP contribution is -2.44. The summed E-state index contributed by atoms with van der Waals surface area (Å²) in [4.78, 5) is 23.0. The lowest BCUT2D eigenvalue weighted by atomic mass is 10.2. The van der Waals surface area contributed by atoms with Gasteiger partial charge in [-0.15, -0.1) is 0 Å². The van der Waals surface area contributed by atoms with Crippen molar-refractivity contribution in [1.82, 2.24) is 5.32 Å². The van der Waals surface area contributed by atoms with E-state index >= 15 is 0 Å². The van der Waals surface area contributed by atoms with E-state index in [2.05, 4.69) is 10.1 Å². The summed E-state index contributed by atoms with van der Waals surface area (Å²) >= 11 is 2.00. The van der Waals surface area contributed by atoms with Gasteiger partial charge in [0, 0.05) is 14.8 Å². The van der Waals surface area contributed by atoms with Crippen LogP contribution in [0.3, 0.4) is 0 Å². The monoisotopic (exact) mass is 364 g/mol. The molecule has 0 saturated carbocycles. The Morgan fingerprint density at radius 1 is 1.56 bits per heavy atom. The number of hydrogen-bond acceptors (Lipinski definition) is 5. The normalized spacial score (nSPS) is 11.7. The van der Waals surface area contributed by atoms with Gasteiger partial charge in [0.25, 0.3) is 5.91 Å². The summed E-state index contributed by atoms with van der Waals surface area (Å²) in [6.45, 7) is -0.523. The quantitative estimate of drug-likeness (QED) is 0.401. The number of ether oxygens (including phenoxy) is 1. The first-order chi connectivity index (χ1) is 8.49. The predicted octanol–water partition coefficient (Wildman–Crippen LogP) is 0.137. The standard InChI is InChI=1S/C11H13IN2O4/c1-18-11(17)9(5-15)14-10(16)6-2-3-8(13)7(12)4-6/h2-4,9,15H,5,13H2,1H3,(H,14,16)/t9-/m0/s1. The van der Waals surface area contributed by atoms with E-state index in [4.69, 9.17) is 10.8 Å². The van der Waals surface area contributed by atoms with E-state index in [1.54, 1.807) is 18.2 Å². The highest BCUT2D eigenvalue weighted by molar-refractivity contribution is 14.1. The van der Waals surface area contributed by atoms with Crippen LogP contribution in [0.25, 0.3) is 0 Å². The zero-order chi connectivity index (χ0) is 13.7. The highest BCUT2D eigenvalue weighted by atomic mass is 127. The number of nitrogen functional groups attached to an aromatic ring is 1. The topological polar surface area (TPSA) is 102 Å². The number of benzene rings is 1. The van der Waals surface area contributed by atoms with Crippen LogP contribution in [-0.4, -0.2) is 36.7 Å². The number of nitrogens with two attached hydrogens (primary N) is 1. The Hall–Kier alpha value is -1.35. The molecule has 0 aliphatic rings. The fourth-order valence-electron chi connectivity index (χ4n) is 1.23. The van der Waals surface area contributed by atoms with Crippen molar-refractivity contribution in [3.8, 4) is 0 Å². The smallest absolute Gasteiger partial charge is 0.330 e. The van der Waals surface area contributed by atoms with Gasteiger partial charge in [0.1, 0.15) is 0 Å². The molecule has 7 heteroatoms. The highest BCUT2D eigenvalue weighted by Gasteiger charge is 2.21. The van der Waals surface area contributed by atoms with Gasteiger partial charge in [-0.3, -0.25) is 4.79 Å². The molecule has 0 aromatic heterocycles. The Morgan fingerprint density at radius 3 is 2.72 bits per heavy atom. The number of aliphatic hydroxyl groups is 1. The second kappa shape index (κ2) is 6.55. The van der Waals surface area contributed by atoms with Crippen molar-refractivity contribution in [2.45, 2.75) is 6.04 Å². The Bertz CT molecular complexity index is 464. The minimum atomic E-state index is -1.07.